The molecular formula is C12H15N5O. The van der Waals surface area contributed by atoms with Crippen LogP contribution in [0.4, 0.5) is 5.69 Å². The predicted molar refractivity (Wildman–Crippen MR) is 68.3 cm³/mol. The van der Waals surface area contributed by atoms with Crippen LogP contribution >= 0.6 is 0 Å². The van der Waals surface area contributed by atoms with Gasteiger partial charge in [-0.2, -0.15) is 5.10 Å². The highest BCUT2D eigenvalue weighted by molar-refractivity contribution is 5.95. The summed E-state index contributed by atoms with van der Waals surface area (Å²) in [4.78, 5) is 16.0. The van der Waals surface area contributed by atoms with Gasteiger partial charge in [0.05, 0.1) is 11.7 Å². The Morgan fingerprint density at radius 1 is 1.50 bits per heavy atom. The Bertz CT molecular complexity index is 523. The summed E-state index contributed by atoms with van der Waals surface area (Å²) in [5.74, 6) is 0.345. The molecule has 2 aromatic rings. The number of hydrogen-bond acceptors (Lipinski definition) is 4. The van der Waals surface area contributed by atoms with Gasteiger partial charge in [0.25, 0.3) is 0 Å². The van der Waals surface area contributed by atoms with Gasteiger partial charge < -0.3 is 11.1 Å². The van der Waals surface area contributed by atoms with Gasteiger partial charge in [0.2, 0.25) is 5.91 Å². The molecule has 0 aliphatic carbocycles. The Kier molecular flexibility index (Phi) is 3.69. The van der Waals surface area contributed by atoms with Gasteiger partial charge >= 0.3 is 0 Å². The van der Waals surface area contributed by atoms with Gasteiger partial charge in [-0.25, -0.2) is 9.67 Å². The Labute approximate surface area is 105 Å². The van der Waals surface area contributed by atoms with Crippen molar-refractivity contribution in [3.8, 4) is 5.82 Å². The van der Waals surface area contributed by atoms with E-state index in [4.69, 9.17) is 5.73 Å². The van der Waals surface area contributed by atoms with Gasteiger partial charge in [-0.15, -0.1) is 0 Å². The van der Waals surface area contributed by atoms with Gasteiger partial charge in [0.1, 0.15) is 0 Å². The van der Waals surface area contributed by atoms with Crippen LogP contribution in [0.2, 0.25) is 0 Å². The highest BCUT2D eigenvalue weighted by atomic mass is 16.2. The SMILES string of the molecule is CC[C@@H](N)C(=O)Nc1cccnc1-n1cccn1. The molecule has 0 unspecified atom stereocenters. The third-order valence-corrected chi connectivity index (χ3v) is 2.54. The van der Waals surface area contributed by atoms with E-state index in [1.165, 1.54) is 0 Å². The van der Waals surface area contributed by atoms with E-state index in [1.54, 1.807) is 41.5 Å². The summed E-state index contributed by atoms with van der Waals surface area (Å²) in [6.07, 6.45) is 5.64. The third kappa shape index (κ3) is 2.54. The van der Waals surface area contributed by atoms with Crippen LogP contribution in [0.15, 0.2) is 36.8 Å². The van der Waals surface area contributed by atoms with E-state index in [0.717, 1.165) is 0 Å². The summed E-state index contributed by atoms with van der Waals surface area (Å²) in [6.45, 7) is 1.86. The number of nitrogens with zero attached hydrogens (tertiary/aromatic N) is 3. The Morgan fingerprint density at radius 3 is 3.00 bits per heavy atom. The molecule has 2 rings (SSSR count). The molecule has 0 bridgehead atoms. The summed E-state index contributed by atoms with van der Waals surface area (Å²) in [5.41, 5.74) is 6.27. The van der Waals surface area contributed by atoms with Gasteiger partial charge in [-0.1, -0.05) is 6.92 Å². The molecule has 1 amide bonds. The largest absolute Gasteiger partial charge is 0.322 e. The summed E-state index contributed by atoms with van der Waals surface area (Å²) in [6, 6.07) is 4.79. The molecule has 2 heterocycles. The Hall–Kier alpha value is -2.21. The van der Waals surface area contributed by atoms with Crippen molar-refractivity contribution < 1.29 is 4.79 Å². The van der Waals surface area contributed by atoms with Crippen LogP contribution in [0, 0.1) is 0 Å². The number of pyridine rings is 1. The van der Waals surface area contributed by atoms with Crippen molar-refractivity contribution in [3.05, 3.63) is 36.8 Å². The fourth-order valence-corrected chi connectivity index (χ4v) is 1.48. The third-order valence-electron chi connectivity index (χ3n) is 2.54. The highest BCUT2D eigenvalue weighted by Gasteiger charge is 2.14. The molecule has 0 aliphatic rings. The van der Waals surface area contributed by atoms with E-state index in [1.807, 2.05) is 6.92 Å². The molecule has 0 fully saturated rings. The number of carbonyl (C=O) groups is 1. The predicted octanol–water partition coefficient (Wildman–Crippen LogP) is 0.943. The average Bonchev–Trinajstić information content (AvgIpc) is 2.92. The van der Waals surface area contributed by atoms with Gasteiger partial charge in [0.15, 0.2) is 5.82 Å². The second-order valence-electron chi connectivity index (χ2n) is 3.83. The molecule has 1 atom stereocenters. The smallest absolute Gasteiger partial charge is 0.241 e. The number of nitrogens with one attached hydrogen (secondary N) is 1. The lowest BCUT2D eigenvalue weighted by Crippen LogP contribution is -2.35. The molecule has 0 saturated carbocycles. The fraction of sp³-hybridized carbons (Fsp3) is 0.250. The van der Waals surface area contributed by atoms with Crippen molar-refractivity contribution in [1.29, 1.82) is 0 Å². The van der Waals surface area contributed by atoms with Crippen molar-refractivity contribution in [2.24, 2.45) is 5.73 Å². The standard InChI is InChI=1S/C12H15N5O/c1-2-9(13)12(18)16-10-5-3-6-14-11(10)17-8-4-7-15-17/h3-9H,2,13H2,1H3,(H,16,18)/t9-/m1/s1. The van der Waals surface area contributed by atoms with E-state index < -0.39 is 6.04 Å². The lowest BCUT2D eigenvalue weighted by Gasteiger charge is -2.12. The summed E-state index contributed by atoms with van der Waals surface area (Å²) in [7, 11) is 0. The van der Waals surface area contributed by atoms with Crippen molar-refractivity contribution in [1.82, 2.24) is 14.8 Å². The van der Waals surface area contributed by atoms with Crippen molar-refractivity contribution in [2.75, 3.05) is 5.32 Å². The van der Waals surface area contributed by atoms with Crippen LogP contribution in [0.25, 0.3) is 5.82 Å². The quantitative estimate of drug-likeness (QED) is 0.839. The molecule has 94 valence electrons. The fourth-order valence-electron chi connectivity index (χ4n) is 1.48. The summed E-state index contributed by atoms with van der Waals surface area (Å²) in [5, 5.41) is 6.85. The monoisotopic (exact) mass is 245 g/mol. The summed E-state index contributed by atoms with van der Waals surface area (Å²) >= 11 is 0. The van der Waals surface area contributed by atoms with Gasteiger partial charge in [-0.3, -0.25) is 4.79 Å². The molecule has 3 N–H and O–H groups in total. The molecule has 0 aliphatic heterocycles. The van der Waals surface area contributed by atoms with Crippen molar-refractivity contribution in [2.45, 2.75) is 19.4 Å². The number of carbonyl (C=O) groups excluding carboxylic acids is 1. The van der Waals surface area contributed by atoms with E-state index in [-0.39, 0.29) is 5.91 Å². The number of nitrogens with two attached hydrogens (primary N) is 1. The number of rotatable bonds is 4. The van der Waals surface area contributed by atoms with E-state index in [0.29, 0.717) is 17.9 Å². The first kappa shape index (κ1) is 12.3. The Morgan fingerprint density at radius 2 is 2.33 bits per heavy atom. The molecule has 6 heteroatoms. The maximum atomic E-state index is 11.8. The zero-order chi connectivity index (χ0) is 13.0. The maximum Gasteiger partial charge on any atom is 0.241 e. The Balaban J connectivity index is 2.26. The molecular weight excluding hydrogens is 230 g/mol. The minimum atomic E-state index is -0.518. The second kappa shape index (κ2) is 5.42. The minimum absolute atomic E-state index is 0.223. The zero-order valence-electron chi connectivity index (χ0n) is 10.1. The van der Waals surface area contributed by atoms with Gasteiger partial charge in [0, 0.05) is 18.6 Å². The summed E-state index contributed by atoms with van der Waals surface area (Å²) < 4.78 is 1.59. The first-order chi connectivity index (χ1) is 8.72. The number of anilines is 1. The lowest BCUT2D eigenvalue weighted by molar-refractivity contribution is -0.117. The molecule has 6 nitrogen and oxygen atoms in total. The lowest BCUT2D eigenvalue weighted by atomic mass is 10.2. The normalized spacial score (nSPS) is 12.1. The van der Waals surface area contributed by atoms with E-state index in [9.17, 15) is 4.79 Å². The minimum Gasteiger partial charge on any atom is -0.322 e. The first-order valence-electron chi connectivity index (χ1n) is 5.74. The first-order valence-corrected chi connectivity index (χ1v) is 5.74. The second-order valence-corrected chi connectivity index (χ2v) is 3.83. The van der Waals surface area contributed by atoms with Crippen LogP contribution in [0.3, 0.4) is 0 Å². The van der Waals surface area contributed by atoms with Crippen LogP contribution < -0.4 is 11.1 Å². The van der Waals surface area contributed by atoms with E-state index in [2.05, 4.69) is 15.4 Å². The highest BCUT2D eigenvalue weighted by Crippen LogP contribution is 2.16. The topological polar surface area (TPSA) is 85.8 Å². The van der Waals surface area contributed by atoms with Crippen LogP contribution in [-0.2, 0) is 4.79 Å². The molecule has 0 radical (unpaired) electrons. The van der Waals surface area contributed by atoms with Crippen LogP contribution in [0.1, 0.15) is 13.3 Å². The number of amides is 1. The molecule has 18 heavy (non-hydrogen) atoms. The number of hydrogen-bond donors (Lipinski definition) is 2. The van der Waals surface area contributed by atoms with Crippen molar-refractivity contribution in [3.63, 3.8) is 0 Å². The molecule has 0 spiro atoms. The van der Waals surface area contributed by atoms with Crippen LogP contribution in [-0.4, -0.2) is 26.7 Å². The van der Waals surface area contributed by atoms with Crippen molar-refractivity contribution >= 4 is 11.6 Å². The molecule has 0 aromatic carbocycles. The number of aromatic nitrogens is 3. The molecule has 0 saturated heterocycles. The van der Waals surface area contributed by atoms with E-state index >= 15 is 0 Å². The van der Waals surface area contributed by atoms with Gasteiger partial charge in [-0.05, 0) is 24.6 Å². The average molecular weight is 245 g/mol. The molecule has 2 aromatic heterocycles. The zero-order valence-corrected chi connectivity index (χ0v) is 10.1. The maximum absolute atomic E-state index is 11.8. The van der Waals surface area contributed by atoms with Crippen LogP contribution in [0.5, 0.6) is 0 Å².